The van der Waals surface area contributed by atoms with Crippen LogP contribution in [-0.2, 0) is 20.7 Å². The molecular formula is C21H28O4. The highest BCUT2D eigenvalue weighted by Gasteiger charge is 2.59. The third-order valence-electron chi connectivity index (χ3n) is 6.33. The fraction of sp³-hybridized carbons (Fsp3) is 0.619. The van der Waals surface area contributed by atoms with Crippen LogP contribution in [0.3, 0.4) is 0 Å². The SMILES string of the molecule is COc1ccccc1C[C@@H]1C[C@H]2C[C@@H]([C@@H]1OC(=O)CC(C)=O)C2(C)C. The number of benzene rings is 1. The van der Waals surface area contributed by atoms with Gasteiger partial charge in [0.2, 0.25) is 0 Å². The maximum Gasteiger partial charge on any atom is 0.313 e. The molecule has 25 heavy (non-hydrogen) atoms. The molecule has 3 aliphatic rings. The van der Waals surface area contributed by atoms with Crippen molar-refractivity contribution in [1.82, 2.24) is 0 Å². The molecule has 3 saturated carbocycles. The first kappa shape index (κ1) is 18.0. The van der Waals surface area contributed by atoms with E-state index >= 15 is 0 Å². The Balaban J connectivity index is 1.79. The smallest absolute Gasteiger partial charge is 0.313 e. The molecule has 0 aromatic heterocycles. The van der Waals surface area contributed by atoms with Gasteiger partial charge in [-0.15, -0.1) is 0 Å². The van der Waals surface area contributed by atoms with E-state index in [1.165, 1.54) is 6.92 Å². The molecule has 2 bridgehead atoms. The summed E-state index contributed by atoms with van der Waals surface area (Å²) >= 11 is 0. The zero-order valence-corrected chi connectivity index (χ0v) is 15.6. The molecule has 0 radical (unpaired) electrons. The lowest BCUT2D eigenvalue weighted by Gasteiger charge is -2.61. The van der Waals surface area contributed by atoms with Gasteiger partial charge in [-0.05, 0) is 49.1 Å². The van der Waals surface area contributed by atoms with Gasteiger partial charge in [-0.2, -0.15) is 0 Å². The summed E-state index contributed by atoms with van der Waals surface area (Å²) in [6, 6.07) is 8.04. The van der Waals surface area contributed by atoms with Gasteiger partial charge >= 0.3 is 5.97 Å². The summed E-state index contributed by atoms with van der Waals surface area (Å²) in [4.78, 5) is 23.4. The number of ketones is 1. The second-order valence-electron chi connectivity index (χ2n) is 8.21. The summed E-state index contributed by atoms with van der Waals surface area (Å²) in [5.41, 5.74) is 1.36. The third kappa shape index (κ3) is 3.44. The van der Waals surface area contributed by atoms with E-state index in [0.29, 0.717) is 11.8 Å². The molecule has 4 atom stereocenters. The predicted molar refractivity (Wildman–Crippen MR) is 95.4 cm³/mol. The molecule has 0 aliphatic heterocycles. The van der Waals surface area contributed by atoms with Crippen LogP contribution in [0.4, 0.5) is 0 Å². The van der Waals surface area contributed by atoms with Gasteiger partial charge in [-0.3, -0.25) is 9.59 Å². The van der Waals surface area contributed by atoms with Gasteiger partial charge < -0.3 is 9.47 Å². The maximum absolute atomic E-state index is 12.1. The van der Waals surface area contributed by atoms with Crippen molar-refractivity contribution in [1.29, 1.82) is 0 Å². The molecule has 0 saturated heterocycles. The maximum atomic E-state index is 12.1. The van der Waals surface area contributed by atoms with E-state index in [1.54, 1.807) is 7.11 Å². The number of methoxy groups -OCH3 is 1. The first-order chi connectivity index (χ1) is 11.8. The number of Topliss-reactive ketones (excluding diaryl/α,β-unsaturated/α-hetero) is 1. The number of carbonyl (C=O) groups is 2. The fourth-order valence-electron chi connectivity index (χ4n) is 4.77. The van der Waals surface area contributed by atoms with Crippen molar-refractivity contribution < 1.29 is 19.1 Å². The van der Waals surface area contributed by atoms with E-state index in [2.05, 4.69) is 19.9 Å². The number of para-hydroxylation sites is 1. The molecule has 4 nitrogen and oxygen atoms in total. The second kappa shape index (κ2) is 6.81. The zero-order chi connectivity index (χ0) is 18.2. The summed E-state index contributed by atoms with van der Waals surface area (Å²) < 4.78 is 11.3. The van der Waals surface area contributed by atoms with E-state index < -0.39 is 0 Å². The lowest BCUT2D eigenvalue weighted by Crippen LogP contribution is -2.59. The minimum atomic E-state index is -0.385. The largest absolute Gasteiger partial charge is 0.496 e. The summed E-state index contributed by atoms with van der Waals surface area (Å²) in [6.45, 7) is 5.98. The summed E-state index contributed by atoms with van der Waals surface area (Å²) in [6.07, 6.45) is 2.77. The van der Waals surface area contributed by atoms with Gasteiger partial charge in [0.1, 0.15) is 24.1 Å². The molecule has 0 heterocycles. The summed E-state index contributed by atoms with van der Waals surface area (Å²) in [7, 11) is 1.69. The first-order valence-electron chi connectivity index (χ1n) is 9.13. The van der Waals surface area contributed by atoms with Gasteiger partial charge in [0.15, 0.2) is 0 Å². The molecule has 0 spiro atoms. The van der Waals surface area contributed by atoms with Crippen LogP contribution in [0.15, 0.2) is 24.3 Å². The Labute approximate surface area is 149 Å². The Kier molecular flexibility index (Phi) is 4.90. The number of fused-ring (bicyclic) bond motifs is 2. The van der Waals surface area contributed by atoms with E-state index in [4.69, 9.17) is 9.47 Å². The Morgan fingerprint density at radius 1 is 1.20 bits per heavy atom. The lowest BCUT2D eigenvalue weighted by atomic mass is 9.45. The van der Waals surface area contributed by atoms with Crippen molar-refractivity contribution in [3.63, 3.8) is 0 Å². The highest BCUT2D eigenvalue weighted by atomic mass is 16.5. The molecule has 136 valence electrons. The van der Waals surface area contributed by atoms with Crippen LogP contribution in [0, 0.1) is 23.2 Å². The minimum Gasteiger partial charge on any atom is -0.496 e. The van der Waals surface area contributed by atoms with Crippen LogP contribution in [0.2, 0.25) is 0 Å². The molecular weight excluding hydrogens is 316 g/mol. The number of hydrogen-bond donors (Lipinski definition) is 0. The van der Waals surface area contributed by atoms with Crippen LogP contribution in [0.5, 0.6) is 5.75 Å². The van der Waals surface area contributed by atoms with Crippen molar-refractivity contribution in [2.75, 3.05) is 7.11 Å². The summed E-state index contributed by atoms with van der Waals surface area (Å²) in [5, 5.41) is 0. The number of hydrogen-bond acceptors (Lipinski definition) is 4. The molecule has 0 amide bonds. The highest BCUT2D eigenvalue weighted by molar-refractivity contribution is 5.94. The predicted octanol–water partition coefficient (Wildman–Crippen LogP) is 3.81. The molecule has 1 aromatic carbocycles. The number of rotatable bonds is 6. The molecule has 0 unspecified atom stereocenters. The van der Waals surface area contributed by atoms with Crippen molar-refractivity contribution in [2.45, 2.75) is 52.6 Å². The molecule has 3 aliphatic carbocycles. The van der Waals surface area contributed by atoms with Crippen LogP contribution in [0.1, 0.15) is 45.6 Å². The van der Waals surface area contributed by atoms with Crippen molar-refractivity contribution in [3.8, 4) is 5.75 Å². The first-order valence-corrected chi connectivity index (χ1v) is 9.13. The van der Waals surface area contributed by atoms with Gasteiger partial charge in [-0.25, -0.2) is 0 Å². The normalized spacial score (nSPS) is 29.4. The number of carbonyl (C=O) groups excluding carboxylic acids is 2. The Hall–Kier alpha value is -1.84. The van der Waals surface area contributed by atoms with E-state index in [9.17, 15) is 9.59 Å². The van der Waals surface area contributed by atoms with Crippen LogP contribution in [-0.4, -0.2) is 25.0 Å². The Morgan fingerprint density at radius 3 is 2.56 bits per heavy atom. The molecule has 3 fully saturated rings. The molecule has 1 aromatic rings. The topological polar surface area (TPSA) is 52.6 Å². The summed E-state index contributed by atoms with van der Waals surface area (Å²) in [5.74, 6) is 1.69. The Bertz CT molecular complexity index is 664. The van der Waals surface area contributed by atoms with Gasteiger partial charge in [0, 0.05) is 11.8 Å². The van der Waals surface area contributed by atoms with Gasteiger partial charge in [0.25, 0.3) is 0 Å². The van der Waals surface area contributed by atoms with Crippen molar-refractivity contribution in [3.05, 3.63) is 29.8 Å². The molecule has 4 rings (SSSR count). The van der Waals surface area contributed by atoms with E-state index in [0.717, 1.165) is 30.6 Å². The van der Waals surface area contributed by atoms with Crippen LogP contribution < -0.4 is 4.74 Å². The number of esters is 1. The molecule has 0 N–H and O–H groups in total. The zero-order valence-electron chi connectivity index (χ0n) is 15.6. The quantitative estimate of drug-likeness (QED) is 0.582. The third-order valence-corrected chi connectivity index (χ3v) is 6.33. The second-order valence-corrected chi connectivity index (χ2v) is 8.21. The highest BCUT2D eigenvalue weighted by Crippen LogP contribution is 2.62. The monoisotopic (exact) mass is 344 g/mol. The van der Waals surface area contributed by atoms with Crippen LogP contribution in [0.25, 0.3) is 0 Å². The van der Waals surface area contributed by atoms with Crippen LogP contribution >= 0.6 is 0 Å². The standard InChI is InChI=1S/C21H28O4/c1-13(22)9-19(23)25-20-15(11-16-12-17(20)21(16,2)3)10-14-7-5-6-8-18(14)24-4/h5-8,15-17,20H,9-12H2,1-4H3/t15-,16+,17+,20-/m1/s1. The fourth-order valence-corrected chi connectivity index (χ4v) is 4.77. The van der Waals surface area contributed by atoms with Gasteiger partial charge in [-0.1, -0.05) is 32.0 Å². The van der Waals surface area contributed by atoms with E-state index in [1.807, 2.05) is 18.2 Å². The van der Waals surface area contributed by atoms with Gasteiger partial charge in [0.05, 0.1) is 7.11 Å². The minimum absolute atomic E-state index is 0.114. The molecule has 4 heteroatoms. The average Bonchev–Trinajstić information content (AvgIpc) is 2.55. The lowest BCUT2D eigenvalue weighted by molar-refractivity contribution is -0.198. The Morgan fingerprint density at radius 2 is 1.92 bits per heavy atom. The number of ether oxygens (including phenoxy) is 2. The van der Waals surface area contributed by atoms with Crippen molar-refractivity contribution >= 4 is 11.8 Å². The van der Waals surface area contributed by atoms with E-state index in [-0.39, 0.29) is 35.6 Å². The van der Waals surface area contributed by atoms with Crippen molar-refractivity contribution in [2.24, 2.45) is 23.2 Å². The average molecular weight is 344 g/mol.